The molecular weight excluding hydrogens is 414 g/mol. The molecule has 2 N–H and O–H groups in total. The van der Waals surface area contributed by atoms with Crippen LogP contribution in [0.4, 0.5) is 5.69 Å². The topological polar surface area (TPSA) is 94.9 Å². The number of aromatic carboxylic acids is 1. The standard InChI is InChI=1S/C24H19NO5S/c26-23-15-20(11-13-22(23)24(27)28)25(16-17-6-2-1-3-7-17)31(29,30)21-12-10-18-8-4-5-9-19(18)14-21/h1-15,26H,16H2,(H,27,28). The van der Waals surface area contributed by atoms with Crippen molar-refractivity contribution in [3.8, 4) is 5.75 Å². The van der Waals surface area contributed by atoms with E-state index in [0.29, 0.717) is 0 Å². The minimum atomic E-state index is -4.02. The number of phenols is 1. The lowest BCUT2D eigenvalue weighted by atomic mass is 10.1. The van der Waals surface area contributed by atoms with Crippen LogP contribution in [-0.2, 0) is 16.6 Å². The highest BCUT2D eigenvalue weighted by Gasteiger charge is 2.26. The first kappa shape index (κ1) is 20.4. The lowest BCUT2D eigenvalue weighted by Gasteiger charge is -2.25. The highest BCUT2D eigenvalue weighted by Crippen LogP contribution is 2.31. The first-order valence-corrected chi connectivity index (χ1v) is 10.9. The van der Waals surface area contributed by atoms with Gasteiger partial charge in [-0.3, -0.25) is 4.31 Å². The van der Waals surface area contributed by atoms with Crippen LogP contribution in [0.25, 0.3) is 10.8 Å². The number of carboxylic acids is 1. The maximum absolute atomic E-state index is 13.6. The van der Waals surface area contributed by atoms with Crippen molar-refractivity contribution in [2.45, 2.75) is 11.4 Å². The quantitative estimate of drug-likeness (QED) is 0.462. The van der Waals surface area contributed by atoms with Gasteiger partial charge in [-0.05, 0) is 40.6 Å². The third-order valence-electron chi connectivity index (χ3n) is 4.98. The Labute approximate surface area is 179 Å². The number of hydrogen-bond acceptors (Lipinski definition) is 4. The second-order valence-electron chi connectivity index (χ2n) is 7.01. The fourth-order valence-corrected chi connectivity index (χ4v) is 4.86. The molecule has 0 spiro atoms. The highest BCUT2D eigenvalue weighted by atomic mass is 32.2. The van der Waals surface area contributed by atoms with E-state index in [1.807, 2.05) is 30.3 Å². The molecular formula is C24H19NO5S. The fraction of sp³-hybridized carbons (Fsp3) is 0.0417. The molecule has 4 rings (SSSR count). The normalized spacial score (nSPS) is 11.4. The van der Waals surface area contributed by atoms with E-state index < -0.39 is 21.7 Å². The van der Waals surface area contributed by atoms with E-state index in [0.717, 1.165) is 26.7 Å². The molecule has 4 aromatic carbocycles. The van der Waals surface area contributed by atoms with Crippen LogP contribution >= 0.6 is 0 Å². The number of nitrogens with zero attached hydrogens (tertiary/aromatic N) is 1. The van der Waals surface area contributed by atoms with Gasteiger partial charge in [-0.15, -0.1) is 0 Å². The van der Waals surface area contributed by atoms with Crippen molar-refractivity contribution in [2.24, 2.45) is 0 Å². The first-order chi connectivity index (χ1) is 14.9. The number of carboxylic acid groups (broad SMARTS) is 1. The molecule has 0 atom stereocenters. The van der Waals surface area contributed by atoms with E-state index in [9.17, 15) is 23.4 Å². The van der Waals surface area contributed by atoms with Crippen LogP contribution in [0.2, 0.25) is 0 Å². The molecule has 0 saturated heterocycles. The molecule has 0 saturated carbocycles. The monoisotopic (exact) mass is 433 g/mol. The van der Waals surface area contributed by atoms with Gasteiger partial charge in [0.05, 0.1) is 17.1 Å². The summed E-state index contributed by atoms with van der Waals surface area (Å²) in [5.74, 6) is -1.80. The van der Waals surface area contributed by atoms with Crippen LogP contribution in [0.1, 0.15) is 15.9 Å². The zero-order valence-corrected chi connectivity index (χ0v) is 17.2. The second-order valence-corrected chi connectivity index (χ2v) is 8.88. The maximum Gasteiger partial charge on any atom is 0.339 e. The lowest BCUT2D eigenvalue weighted by molar-refractivity contribution is 0.0693. The molecule has 0 aliphatic rings. The van der Waals surface area contributed by atoms with Crippen molar-refractivity contribution in [3.63, 3.8) is 0 Å². The third kappa shape index (κ3) is 4.08. The smallest absolute Gasteiger partial charge is 0.339 e. The summed E-state index contributed by atoms with van der Waals surface area (Å²) in [6.45, 7) is 0.0157. The molecule has 0 aliphatic carbocycles. The Morgan fingerprint density at radius 1 is 0.806 bits per heavy atom. The lowest BCUT2D eigenvalue weighted by Crippen LogP contribution is -2.30. The number of sulfonamides is 1. The van der Waals surface area contributed by atoms with Gasteiger partial charge < -0.3 is 10.2 Å². The maximum atomic E-state index is 13.6. The van der Waals surface area contributed by atoms with E-state index in [1.54, 1.807) is 42.5 Å². The molecule has 6 nitrogen and oxygen atoms in total. The summed E-state index contributed by atoms with van der Waals surface area (Å²) in [6, 6.07) is 25.1. The van der Waals surface area contributed by atoms with Gasteiger partial charge in [0.25, 0.3) is 10.0 Å². The van der Waals surface area contributed by atoms with E-state index in [1.165, 1.54) is 12.1 Å². The average molecular weight is 433 g/mol. The van der Waals surface area contributed by atoms with Crippen molar-refractivity contribution in [1.29, 1.82) is 0 Å². The predicted molar refractivity (Wildman–Crippen MR) is 119 cm³/mol. The van der Waals surface area contributed by atoms with Gasteiger partial charge in [-0.2, -0.15) is 0 Å². The van der Waals surface area contributed by atoms with Crippen molar-refractivity contribution in [1.82, 2.24) is 0 Å². The third-order valence-corrected chi connectivity index (χ3v) is 6.75. The van der Waals surface area contributed by atoms with Crippen molar-refractivity contribution in [2.75, 3.05) is 4.31 Å². The van der Waals surface area contributed by atoms with E-state index in [-0.39, 0.29) is 22.7 Å². The Hall–Kier alpha value is -3.84. The Kier molecular flexibility index (Phi) is 5.35. The van der Waals surface area contributed by atoms with Crippen LogP contribution in [0.5, 0.6) is 5.75 Å². The molecule has 0 amide bonds. The highest BCUT2D eigenvalue weighted by molar-refractivity contribution is 7.92. The zero-order valence-electron chi connectivity index (χ0n) is 16.3. The van der Waals surface area contributed by atoms with Crippen LogP contribution in [0.15, 0.2) is 95.9 Å². The van der Waals surface area contributed by atoms with Gasteiger partial charge in [-0.25, -0.2) is 13.2 Å². The van der Waals surface area contributed by atoms with Gasteiger partial charge in [0, 0.05) is 6.07 Å². The Morgan fingerprint density at radius 2 is 1.48 bits per heavy atom. The van der Waals surface area contributed by atoms with E-state index in [2.05, 4.69) is 0 Å². The van der Waals surface area contributed by atoms with Crippen molar-refractivity contribution in [3.05, 3.63) is 102 Å². The molecule has 0 aliphatic heterocycles. The number of anilines is 1. The number of rotatable bonds is 6. The average Bonchev–Trinajstić information content (AvgIpc) is 2.77. The zero-order chi connectivity index (χ0) is 22.0. The summed E-state index contributed by atoms with van der Waals surface area (Å²) in [6.07, 6.45) is 0. The number of aromatic hydroxyl groups is 1. The molecule has 0 unspecified atom stereocenters. The van der Waals surface area contributed by atoms with Gasteiger partial charge in [-0.1, -0.05) is 60.7 Å². The number of benzene rings is 4. The summed E-state index contributed by atoms with van der Waals surface area (Å²) in [4.78, 5) is 11.3. The molecule has 0 fully saturated rings. The Bertz CT molecular complexity index is 1370. The largest absolute Gasteiger partial charge is 0.507 e. The molecule has 4 aromatic rings. The fourth-order valence-electron chi connectivity index (χ4n) is 3.38. The van der Waals surface area contributed by atoms with Gasteiger partial charge >= 0.3 is 5.97 Å². The summed E-state index contributed by atoms with van der Waals surface area (Å²) >= 11 is 0. The number of hydrogen-bond donors (Lipinski definition) is 2. The minimum Gasteiger partial charge on any atom is -0.507 e. The van der Waals surface area contributed by atoms with Crippen molar-refractivity contribution < 1.29 is 23.4 Å². The summed E-state index contributed by atoms with van der Waals surface area (Å²) in [7, 11) is -4.02. The SMILES string of the molecule is O=C(O)c1ccc(N(Cc2ccccc2)S(=O)(=O)c2ccc3ccccc3c2)cc1O. The predicted octanol–water partition coefficient (Wildman–Crippen LogP) is 4.64. The number of carbonyl (C=O) groups is 1. The Morgan fingerprint density at radius 3 is 2.16 bits per heavy atom. The summed E-state index contributed by atoms with van der Waals surface area (Å²) < 4.78 is 28.4. The van der Waals surface area contributed by atoms with Crippen molar-refractivity contribution >= 4 is 32.5 Å². The van der Waals surface area contributed by atoms with Crippen LogP contribution < -0.4 is 4.31 Å². The van der Waals surface area contributed by atoms with E-state index in [4.69, 9.17) is 0 Å². The molecule has 31 heavy (non-hydrogen) atoms. The molecule has 0 aromatic heterocycles. The summed E-state index contributed by atoms with van der Waals surface area (Å²) in [5.41, 5.74) is 0.611. The molecule has 0 bridgehead atoms. The molecule has 0 heterocycles. The molecule has 0 radical (unpaired) electrons. The van der Waals surface area contributed by atoms with Gasteiger partial charge in [0.15, 0.2) is 0 Å². The number of fused-ring (bicyclic) bond motifs is 1. The second kappa shape index (κ2) is 8.12. The minimum absolute atomic E-state index is 0.0157. The molecule has 7 heteroatoms. The van der Waals surface area contributed by atoms with E-state index >= 15 is 0 Å². The first-order valence-electron chi connectivity index (χ1n) is 9.48. The summed E-state index contributed by atoms with van der Waals surface area (Å²) in [5, 5.41) is 21.0. The van der Waals surface area contributed by atoms with Crippen LogP contribution in [-0.4, -0.2) is 24.6 Å². The van der Waals surface area contributed by atoms with Crippen LogP contribution in [0, 0.1) is 0 Å². The molecule has 156 valence electrons. The Balaban J connectivity index is 1.84. The van der Waals surface area contributed by atoms with Crippen LogP contribution in [0.3, 0.4) is 0 Å². The van der Waals surface area contributed by atoms with Gasteiger partial charge in [0.2, 0.25) is 0 Å². The van der Waals surface area contributed by atoms with Gasteiger partial charge in [0.1, 0.15) is 11.3 Å².